The minimum absolute atomic E-state index is 0.298. The first-order chi connectivity index (χ1) is 8.68. The van der Waals surface area contributed by atoms with E-state index in [0.29, 0.717) is 17.9 Å². The van der Waals surface area contributed by atoms with E-state index in [1.165, 1.54) is 0 Å². The zero-order chi connectivity index (χ0) is 12.8. The van der Waals surface area contributed by atoms with Crippen LogP contribution in [0.15, 0.2) is 59.5 Å². The van der Waals surface area contributed by atoms with E-state index in [4.69, 9.17) is 0 Å². The molecule has 1 N–H and O–H groups in total. The molecule has 0 unspecified atom stereocenters. The van der Waals surface area contributed by atoms with Crippen LogP contribution in [0.5, 0.6) is 0 Å². The van der Waals surface area contributed by atoms with Gasteiger partial charge in [-0.3, -0.25) is 0 Å². The first-order valence-electron chi connectivity index (χ1n) is 5.68. The normalized spacial score (nSPS) is 11.3. The van der Waals surface area contributed by atoms with E-state index >= 15 is 0 Å². The molecule has 0 aliphatic carbocycles. The fraction of sp³-hybridized carbons (Fsp3) is 0.143. The molecule has 0 amide bonds. The number of nitrogens with one attached hydrogen (secondary N) is 1. The van der Waals surface area contributed by atoms with Crippen molar-refractivity contribution < 1.29 is 8.42 Å². The molecule has 18 heavy (non-hydrogen) atoms. The molecule has 2 aromatic rings. The zero-order valence-corrected chi connectivity index (χ0v) is 10.7. The monoisotopic (exact) mass is 260 g/mol. The summed E-state index contributed by atoms with van der Waals surface area (Å²) >= 11 is 0. The topological polar surface area (TPSA) is 46.2 Å². The highest BCUT2D eigenvalue weighted by Crippen LogP contribution is 2.07. The van der Waals surface area contributed by atoms with Crippen molar-refractivity contribution in [3.05, 3.63) is 66.2 Å². The lowest BCUT2D eigenvalue weighted by Crippen LogP contribution is -2.25. The molecule has 3 nitrogen and oxygen atoms in total. The lowest BCUT2D eigenvalue weighted by molar-refractivity contribution is 0.581. The molecule has 0 heterocycles. The third kappa shape index (κ3) is 3.42. The molecule has 0 bridgehead atoms. The summed E-state index contributed by atoms with van der Waals surface area (Å²) in [5.41, 5.74) is 1.09. The Balaban J connectivity index is 1.95. The quantitative estimate of drug-likeness (QED) is 0.894. The van der Waals surface area contributed by atoms with E-state index in [0.717, 1.165) is 5.56 Å². The lowest BCUT2D eigenvalue weighted by Gasteiger charge is -2.06. The second-order valence-electron chi connectivity index (χ2n) is 3.87. The van der Waals surface area contributed by atoms with Gasteiger partial charge in [0.1, 0.15) is 0 Å². The van der Waals surface area contributed by atoms with Crippen molar-refractivity contribution in [3.63, 3.8) is 0 Å². The molecule has 1 radical (unpaired) electrons. The molecule has 2 aromatic carbocycles. The molecule has 2 rings (SSSR count). The maximum absolute atomic E-state index is 11.9. The van der Waals surface area contributed by atoms with Crippen molar-refractivity contribution in [2.24, 2.45) is 0 Å². The van der Waals surface area contributed by atoms with Crippen LogP contribution in [0, 0.1) is 6.07 Å². The third-order valence-electron chi connectivity index (χ3n) is 2.55. The van der Waals surface area contributed by atoms with Crippen molar-refractivity contribution >= 4 is 10.0 Å². The van der Waals surface area contributed by atoms with Crippen molar-refractivity contribution in [2.45, 2.75) is 11.3 Å². The van der Waals surface area contributed by atoms with Gasteiger partial charge in [0, 0.05) is 6.54 Å². The van der Waals surface area contributed by atoms with E-state index < -0.39 is 10.0 Å². The van der Waals surface area contributed by atoms with Gasteiger partial charge in [0.25, 0.3) is 0 Å². The van der Waals surface area contributed by atoms with Gasteiger partial charge >= 0.3 is 0 Å². The fourth-order valence-electron chi connectivity index (χ4n) is 1.60. The van der Waals surface area contributed by atoms with E-state index in [1.807, 2.05) is 24.3 Å². The minimum Gasteiger partial charge on any atom is -0.211 e. The molecule has 4 heteroatoms. The van der Waals surface area contributed by atoms with Crippen LogP contribution < -0.4 is 4.72 Å². The highest BCUT2D eigenvalue weighted by atomic mass is 32.2. The predicted octanol–water partition coefficient (Wildman–Crippen LogP) is 2.01. The molecule has 0 aromatic heterocycles. The molecule has 0 fully saturated rings. The van der Waals surface area contributed by atoms with Gasteiger partial charge in [-0.05, 0) is 30.2 Å². The smallest absolute Gasteiger partial charge is 0.211 e. The average Bonchev–Trinajstić information content (AvgIpc) is 2.41. The van der Waals surface area contributed by atoms with Crippen molar-refractivity contribution in [1.29, 1.82) is 0 Å². The molecule has 0 aliphatic rings. The van der Waals surface area contributed by atoms with Crippen LogP contribution in [0.3, 0.4) is 0 Å². The van der Waals surface area contributed by atoms with Crippen LogP contribution in [0.2, 0.25) is 0 Å². The van der Waals surface area contributed by atoms with Crippen molar-refractivity contribution in [2.75, 3.05) is 6.54 Å². The Hall–Kier alpha value is -1.65. The standard InChI is InChI=1S/C14H14NO2S/c16-18(17,14-9-5-2-6-10-14)15-12-11-13-7-3-1-4-8-13/h2-10,15H,11-12H2. The van der Waals surface area contributed by atoms with Gasteiger partial charge in [0.05, 0.1) is 4.90 Å². The third-order valence-corrected chi connectivity index (χ3v) is 4.02. The maximum atomic E-state index is 11.9. The molecular formula is C14H14NO2S. The molecule has 0 saturated carbocycles. The summed E-state index contributed by atoms with van der Waals surface area (Å²) in [5, 5.41) is 0. The Kier molecular flexibility index (Phi) is 4.12. The number of rotatable bonds is 5. The molecule has 93 valence electrons. The van der Waals surface area contributed by atoms with Crippen LogP contribution >= 0.6 is 0 Å². The number of hydrogen-bond acceptors (Lipinski definition) is 2. The fourth-order valence-corrected chi connectivity index (χ4v) is 2.65. The number of hydrogen-bond donors (Lipinski definition) is 1. The van der Waals surface area contributed by atoms with Gasteiger partial charge in [-0.2, -0.15) is 0 Å². The van der Waals surface area contributed by atoms with Gasteiger partial charge < -0.3 is 0 Å². The van der Waals surface area contributed by atoms with E-state index in [9.17, 15) is 8.42 Å². The Labute approximate surface area is 108 Å². The van der Waals surface area contributed by atoms with Crippen molar-refractivity contribution in [3.8, 4) is 0 Å². The summed E-state index contributed by atoms with van der Waals surface area (Å²) in [6.45, 7) is 0.390. The Bertz CT molecular complexity index is 580. The van der Waals surface area contributed by atoms with Crippen molar-refractivity contribution in [1.82, 2.24) is 4.72 Å². The summed E-state index contributed by atoms with van der Waals surface area (Å²) in [6, 6.07) is 18.8. The average molecular weight is 260 g/mol. The van der Waals surface area contributed by atoms with Gasteiger partial charge in [-0.15, -0.1) is 0 Å². The SMILES string of the molecule is O=S(=O)(NCCc1cc[c]cc1)c1ccccc1. The lowest BCUT2D eigenvalue weighted by atomic mass is 10.2. The molecular weight excluding hydrogens is 246 g/mol. The van der Waals surface area contributed by atoms with E-state index in [1.54, 1.807) is 30.3 Å². The van der Waals surface area contributed by atoms with Gasteiger partial charge in [-0.25, -0.2) is 13.1 Å². The summed E-state index contributed by atoms with van der Waals surface area (Å²) in [7, 11) is -3.39. The number of sulfonamides is 1. The van der Waals surface area contributed by atoms with Crippen LogP contribution in [-0.2, 0) is 16.4 Å². The summed E-state index contributed by atoms with van der Waals surface area (Å²) < 4.78 is 26.4. The minimum atomic E-state index is -3.39. The van der Waals surface area contributed by atoms with E-state index in [2.05, 4.69) is 10.8 Å². The first kappa shape index (κ1) is 12.8. The Morgan fingerprint density at radius 2 is 1.67 bits per heavy atom. The molecule has 0 spiro atoms. The second kappa shape index (κ2) is 5.80. The highest BCUT2D eigenvalue weighted by Gasteiger charge is 2.11. The van der Waals surface area contributed by atoms with Gasteiger partial charge in [0.2, 0.25) is 10.0 Å². The van der Waals surface area contributed by atoms with Crippen LogP contribution in [0.1, 0.15) is 5.56 Å². The Morgan fingerprint density at radius 3 is 2.33 bits per heavy atom. The summed E-state index contributed by atoms with van der Waals surface area (Å²) in [6.07, 6.45) is 0.667. The zero-order valence-electron chi connectivity index (χ0n) is 9.84. The van der Waals surface area contributed by atoms with E-state index in [-0.39, 0.29) is 0 Å². The maximum Gasteiger partial charge on any atom is 0.240 e. The second-order valence-corrected chi connectivity index (χ2v) is 5.64. The number of benzene rings is 2. The van der Waals surface area contributed by atoms with Crippen LogP contribution in [-0.4, -0.2) is 15.0 Å². The summed E-state index contributed by atoms with van der Waals surface area (Å²) in [4.78, 5) is 0.298. The van der Waals surface area contributed by atoms with Crippen LogP contribution in [0.4, 0.5) is 0 Å². The highest BCUT2D eigenvalue weighted by molar-refractivity contribution is 7.89. The molecule has 0 saturated heterocycles. The van der Waals surface area contributed by atoms with Gasteiger partial charge in [0.15, 0.2) is 0 Å². The molecule has 0 aliphatic heterocycles. The summed E-state index contributed by atoms with van der Waals surface area (Å²) in [5.74, 6) is 0. The van der Waals surface area contributed by atoms with Gasteiger partial charge in [-0.1, -0.05) is 42.5 Å². The predicted molar refractivity (Wildman–Crippen MR) is 70.6 cm³/mol. The van der Waals surface area contributed by atoms with Crippen LogP contribution in [0.25, 0.3) is 0 Å². The Morgan fingerprint density at radius 1 is 1.00 bits per heavy atom. The largest absolute Gasteiger partial charge is 0.240 e. The first-order valence-corrected chi connectivity index (χ1v) is 7.16. The molecule has 0 atom stereocenters.